The highest BCUT2D eigenvalue weighted by molar-refractivity contribution is 5.96. The van der Waals surface area contributed by atoms with Crippen molar-refractivity contribution in [1.29, 1.82) is 0 Å². The molecule has 0 aliphatic heterocycles. The van der Waals surface area contributed by atoms with Gasteiger partial charge in [-0.1, -0.05) is 52.7 Å². The zero-order chi connectivity index (χ0) is 35.3. The van der Waals surface area contributed by atoms with Crippen LogP contribution in [0.15, 0.2) is 36.8 Å². The third-order valence-electron chi connectivity index (χ3n) is 7.95. The lowest BCUT2D eigenvalue weighted by Crippen LogP contribution is -2.61. The van der Waals surface area contributed by atoms with Crippen LogP contribution in [-0.2, 0) is 41.6 Å². The first-order valence-electron chi connectivity index (χ1n) is 15.4. The minimum atomic E-state index is -1.33. The lowest BCUT2D eigenvalue weighted by Gasteiger charge is -2.30. The number of imidazole rings is 1. The summed E-state index contributed by atoms with van der Waals surface area (Å²) in [6, 6.07) is -0.265. The molecule has 2 aromatic rings. The van der Waals surface area contributed by atoms with E-state index in [1.807, 2.05) is 6.92 Å². The second kappa shape index (κ2) is 18.2. The van der Waals surface area contributed by atoms with Crippen molar-refractivity contribution < 1.29 is 39.0 Å². The molecule has 0 fully saturated rings. The summed E-state index contributed by atoms with van der Waals surface area (Å²) >= 11 is 0. The van der Waals surface area contributed by atoms with E-state index in [0.29, 0.717) is 24.1 Å². The van der Waals surface area contributed by atoms with Gasteiger partial charge in [0.15, 0.2) is 0 Å². The minimum absolute atomic E-state index is 0.00773. The van der Waals surface area contributed by atoms with Crippen LogP contribution in [0.4, 0.5) is 0 Å². The molecule has 0 aliphatic rings. The number of aliphatic carboxylic acids is 1. The van der Waals surface area contributed by atoms with Crippen molar-refractivity contribution in [3.63, 3.8) is 0 Å². The molecule has 0 bridgehead atoms. The number of amides is 5. The average molecular weight is 659 g/mol. The number of aromatic hydroxyl groups is 1. The summed E-state index contributed by atoms with van der Waals surface area (Å²) in [6.45, 7) is 7.07. The van der Waals surface area contributed by atoms with E-state index in [0.717, 1.165) is 0 Å². The standard InChI is InChI=1S/C31H46N8O8/c1-5-16(3)25(29(44)37-23(31(46)47)12-19-14-34-15-35-19)39-30(45)26(17(4)6-2)38-28(43)22(11-18-7-9-20(40)10-8-18)36-27(42)21(32)13-24(33)41/h7-10,14-17,21-23,25-26,40H,5-6,11-13,32H2,1-4H3,(H2,33,41)(H,34,35)(H,36,42)(H,37,44)(H,38,43)(H,39,45)(H,46,47)/t16-,17-,21-,22-,23-,25-,26-/m0/s1. The molecule has 2 rings (SSSR count). The number of nitrogens with two attached hydrogens (primary N) is 2. The van der Waals surface area contributed by atoms with Crippen LogP contribution in [0.25, 0.3) is 0 Å². The molecule has 0 radical (unpaired) electrons. The van der Waals surface area contributed by atoms with Crippen molar-refractivity contribution in [2.45, 2.75) is 90.0 Å². The highest BCUT2D eigenvalue weighted by atomic mass is 16.4. The zero-order valence-corrected chi connectivity index (χ0v) is 27.0. The Kier molecular flexibility index (Phi) is 14.8. The number of carboxylic acid groups (broad SMARTS) is 1. The van der Waals surface area contributed by atoms with E-state index >= 15 is 0 Å². The summed E-state index contributed by atoms with van der Waals surface area (Å²) in [7, 11) is 0. The predicted octanol–water partition coefficient (Wildman–Crippen LogP) is -0.781. The van der Waals surface area contributed by atoms with E-state index in [1.165, 1.54) is 24.7 Å². The Labute approximate surface area is 272 Å². The molecule has 7 atom stereocenters. The summed E-state index contributed by atoms with van der Waals surface area (Å²) in [5.41, 5.74) is 12.0. The fourth-order valence-corrected chi connectivity index (χ4v) is 4.64. The van der Waals surface area contributed by atoms with Crippen molar-refractivity contribution in [3.05, 3.63) is 48.0 Å². The average Bonchev–Trinajstić information content (AvgIpc) is 3.54. The fourth-order valence-electron chi connectivity index (χ4n) is 4.64. The first-order valence-corrected chi connectivity index (χ1v) is 15.4. The van der Waals surface area contributed by atoms with E-state index in [9.17, 15) is 39.0 Å². The molecule has 0 saturated heterocycles. The van der Waals surface area contributed by atoms with Gasteiger partial charge < -0.3 is 47.9 Å². The van der Waals surface area contributed by atoms with Gasteiger partial charge in [0.05, 0.1) is 18.8 Å². The highest BCUT2D eigenvalue weighted by Gasteiger charge is 2.35. The van der Waals surface area contributed by atoms with Crippen LogP contribution < -0.4 is 32.7 Å². The summed E-state index contributed by atoms with van der Waals surface area (Å²) in [4.78, 5) is 83.5. The Balaban J connectivity index is 2.30. The van der Waals surface area contributed by atoms with E-state index in [-0.39, 0.29) is 18.6 Å². The first-order chi connectivity index (χ1) is 22.2. The van der Waals surface area contributed by atoms with E-state index in [1.54, 1.807) is 32.9 Å². The molecule has 1 aromatic heterocycles. The Bertz CT molecular complexity index is 1370. The second-order valence-corrected chi connectivity index (χ2v) is 11.6. The Morgan fingerprint density at radius 1 is 0.809 bits per heavy atom. The van der Waals surface area contributed by atoms with Crippen molar-refractivity contribution in [2.75, 3.05) is 0 Å². The van der Waals surface area contributed by atoms with Gasteiger partial charge in [0.25, 0.3) is 0 Å². The van der Waals surface area contributed by atoms with Gasteiger partial charge in [-0.3, -0.25) is 24.0 Å². The number of nitrogens with one attached hydrogen (secondary N) is 5. The lowest BCUT2D eigenvalue weighted by molar-refractivity contribution is -0.142. The monoisotopic (exact) mass is 658 g/mol. The number of H-pyrrole nitrogens is 1. The van der Waals surface area contributed by atoms with Crippen LogP contribution in [0, 0.1) is 11.8 Å². The Morgan fingerprint density at radius 2 is 1.34 bits per heavy atom. The van der Waals surface area contributed by atoms with Gasteiger partial charge in [0, 0.05) is 24.7 Å². The number of primary amides is 1. The van der Waals surface area contributed by atoms with Gasteiger partial charge in [0.1, 0.15) is 29.9 Å². The number of phenols is 1. The normalized spacial score (nSPS) is 15.5. The van der Waals surface area contributed by atoms with Crippen LogP contribution in [-0.4, -0.2) is 85.9 Å². The molecule has 16 nitrogen and oxygen atoms in total. The number of rotatable bonds is 19. The third kappa shape index (κ3) is 12.0. The SMILES string of the molecule is CC[C@H](C)[C@H](NC(=O)[C@H](Cc1ccc(O)cc1)NC(=O)[C@@H](N)CC(N)=O)C(=O)N[C@H](C(=O)N[C@@H](Cc1cnc[nH]1)C(=O)O)[C@@H](C)CC. The van der Waals surface area contributed by atoms with Crippen molar-refractivity contribution in [2.24, 2.45) is 23.3 Å². The fraction of sp³-hybridized carbons (Fsp3) is 0.516. The quantitative estimate of drug-likeness (QED) is 0.0908. The number of phenolic OH excluding ortho intramolecular Hbond substituents is 1. The number of carbonyl (C=O) groups is 6. The van der Waals surface area contributed by atoms with E-state index in [4.69, 9.17) is 11.5 Å². The van der Waals surface area contributed by atoms with Crippen molar-refractivity contribution in [3.8, 4) is 5.75 Å². The number of hydrogen-bond acceptors (Lipinski definition) is 9. The summed E-state index contributed by atoms with van der Waals surface area (Å²) < 4.78 is 0. The molecule has 0 saturated carbocycles. The topological polar surface area (TPSA) is 272 Å². The molecule has 11 N–H and O–H groups in total. The second-order valence-electron chi connectivity index (χ2n) is 11.6. The van der Waals surface area contributed by atoms with E-state index in [2.05, 4.69) is 31.2 Å². The van der Waals surface area contributed by atoms with Gasteiger partial charge in [-0.15, -0.1) is 0 Å². The van der Waals surface area contributed by atoms with E-state index < -0.39 is 84.0 Å². The number of hydrogen-bond donors (Lipinski definition) is 9. The number of carbonyl (C=O) groups excluding carboxylic acids is 5. The molecule has 47 heavy (non-hydrogen) atoms. The predicted molar refractivity (Wildman–Crippen MR) is 170 cm³/mol. The van der Waals surface area contributed by atoms with Crippen LogP contribution in [0.1, 0.15) is 58.2 Å². The highest BCUT2D eigenvalue weighted by Crippen LogP contribution is 2.15. The maximum atomic E-state index is 13.7. The van der Waals surface area contributed by atoms with Gasteiger partial charge in [0.2, 0.25) is 29.5 Å². The first kappa shape index (κ1) is 38.2. The smallest absolute Gasteiger partial charge is 0.326 e. The number of aromatic amines is 1. The number of carboxylic acids is 1. The summed E-state index contributed by atoms with van der Waals surface area (Å²) in [5.74, 6) is -5.90. The maximum absolute atomic E-state index is 13.7. The van der Waals surface area contributed by atoms with Gasteiger partial charge >= 0.3 is 5.97 Å². The molecular formula is C31H46N8O8. The molecule has 5 amide bonds. The van der Waals surface area contributed by atoms with Gasteiger partial charge in [-0.25, -0.2) is 9.78 Å². The molecule has 16 heteroatoms. The summed E-state index contributed by atoms with van der Waals surface area (Å²) in [5, 5.41) is 29.8. The largest absolute Gasteiger partial charge is 0.508 e. The van der Waals surface area contributed by atoms with Crippen molar-refractivity contribution >= 4 is 35.5 Å². The zero-order valence-electron chi connectivity index (χ0n) is 27.0. The lowest BCUT2D eigenvalue weighted by atomic mass is 9.94. The molecule has 0 spiro atoms. The van der Waals surface area contributed by atoms with Crippen LogP contribution in [0.5, 0.6) is 5.75 Å². The molecule has 0 aliphatic carbocycles. The van der Waals surface area contributed by atoms with Crippen LogP contribution in [0.3, 0.4) is 0 Å². The molecule has 0 unspecified atom stereocenters. The Morgan fingerprint density at radius 3 is 1.83 bits per heavy atom. The molecule has 1 heterocycles. The van der Waals surface area contributed by atoms with Crippen molar-refractivity contribution in [1.82, 2.24) is 31.2 Å². The number of benzene rings is 1. The minimum Gasteiger partial charge on any atom is -0.508 e. The van der Waals surface area contributed by atoms with Gasteiger partial charge in [-0.05, 0) is 29.5 Å². The van der Waals surface area contributed by atoms with Crippen LogP contribution >= 0.6 is 0 Å². The summed E-state index contributed by atoms with van der Waals surface area (Å²) in [6.07, 6.45) is 3.16. The number of nitrogens with zero attached hydrogens (tertiary/aromatic N) is 1. The molecule has 1 aromatic carbocycles. The molecule has 258 valence electrons. The van der Waals surface area contributed by atoms with Crippen LogP contribution in [0.2, 0.25) is 0 Å². The number of aromatic nitrogens is 2. The molecular weight excluding hydrogens is 612 g/mol. The Hall–Kier alpha value is -4.99. The third-order valence-corrected chi connectivity index (χ3v) is 7.95. The maximum Gasteiger partial charge on any atom is 0.326 e. The van der Waals surface area contributed by atoms with Gasteiger partial charge in [-0.2, -0.15) is 0 Å².